The van der Waals surface area contributed by atoms with Crippen molar-refractivity contribution in [1.29, 1.82) is 0 Å². The maximum Gasteiger partial charge on any atom is 0.252 e. The second-order valence-corrected chi connectivity index (χ2v) is 10.0. The minimum Gasteiger partial charge on any atom is -0.311 e. The molecule has 0 spiro atoms. The zero-order valence-electron chi connectivity index (χ0n) is 21.3. The first-order chi connectivity index (χ1) is 19.4. The largest absolute Gasteiger partial charge is 0.311 e. The Kier molecular flexibility index (Phi) is 4.92. The van der Waals surface area contributed by atoms with Gasteiger partial charge in [0, 0.05) is 45.9 Å². The van der Waals surface area contributed by atoms with Crippen molar-refractivity contribution in [3.8, 4) is 11.3 Å². The summed E-state index contributed by atoms with van der Waals surface area (Å²) in [7, 11) is 0. The molecule has 182 valence electrons. The molecule has 0 saturated heterocycles. The fraction of sp³-hybridized carbons (Fsp3) is 0. The number of hydrogen-bond acceptors (Lipinski definition) is 3. The molecule has 4 heteroatoms. The van der Waals surface area contributed by atoms with Gasteiger partial charge in [-0.25, -0.2) is 0 Å². The standard InChI is InChI=1S/C35H24BN3/c1-3-13-26(14-4-1)38-31-20-9-7-17-28(31)36-29-18-8-10-21-32(29)39(27-15-5-2-6-16-27)34-24-25(23-33(38)35(34)36)30-19-11-12-22-37-30/h1-24H. The van der Waals surface area contributed by atoms with Crippen molar-refractivity contribution in [1.82, 2.24) is 4.98 Å². The molecule has 0 unspecified atom stereocenters. The topological polar surface area (TPSA) is 19.4 Å². The number of benzene rings is 5. The zero-order chi connectivity index (χ0) is 25.8. The molecule has 0 radical (unpaired) electrons. The van der Waals surface area contributed by atoms with Gasteiger partial charge in [-0.1, -0.05) is 78.9 Å². The zero-order valence-corrected chi connectivity index (χ0v) is 21.3. The molecule has 0 aliphatic carbocycles. The fourth-order valence-corrected chi connectivity index (χ4v) is 6.29. The average molecular weight is 497 g/mol. The van der Waals surface area contributed by atoms with Gasteiger partial charge >= 0.3 is 0 Å². The number of fused-ring (bicyclic) bond motifs is 4. The molecule has 3 nitrogen and oxygen atoms in total. The first-order valence-electron chi connectivity index (χ1n) is 13.4. The molecule has 0 amide bonds. The summed E-state index contributed by atoms with van der Waals surface area (Å²) >= 11 is 0. The van der Waals surface area contributed by atoms with E-state index in [-0.39, 0.29) is 6.71 Å². The van der Waals surface area contributed by atoms with Crippen molar-refractivity contribution in [2.75, 3.05) is 9.80 Å². The van der Waals surface area contributed by atoms with Gasteiger partial charge in [0.15, 0.2) is 0 Å². The average Bonchev–Trinajstić information content (AvgIpc) is 3.02. The summed E-state index contributed by atoms with van der Waals surface area (Å²) in [4.78, 5) is 9.61. The van der Waals surface area contributed by atoms with Gasteiger partial charge in [-0.15, -0.1) is 0 Å². The molecule has 0 fully saturated rings. The fourth-order valence-electron chi connectivity index (χ4n) is 6.29. The Bertz CT molecular complexity index is 1710. The predicted octanol–water partition coefficient (Wildman–Crippen LogP) is 6.83. The van der Waals surface area contributed by atoms with Gasteiger partial charge in [-0.2, -0.15) is 0 Å². The highest BCUT2D eigenvalue weighted by atomic mass is 15.2. The summed E-state index contributed by atoms with van der Waals surface area (Å²) in [6.45, 7) is 0.125. The van der Waals surface area contributed by atoms with Crippen LogP contribution in [-0.2, 0) is 0 Å². The summed E-state index contributed by atoms with van der Waals surface area (Å²) in [6.07, 6.45) is 1.87. The van der Waals surface area contributed by atoms with Crippen molar-refractivity contribution in [2.24, 2.45) is 0 Å². The number of pyridine rings is 1. The summed E-state index contributed by atoms with van der Waals surface area (Å²) < 4.78 is 0. The Balaban J connectivity index is 1.51. The molecule has 1 aromatic heterocycles. The van der Waals surface area contributed by atoms with E-state index in [0.717, 1.165) is 22.6 Å². The molecule has 0 bridgehead atoms. The van der Waals surface area contributed by atoms with Crippen molar-refractivity contribution >= 4 is 57.2 Å². The number of aromatic nitrogens is 1. The summed E-state index contributed by atoms with van der Waals surface area (Å²) in [5, 5.41) is 0. The Labute approximate surface area is 228 Å². The third-order valence-electron chi connectivity index (χ3n) is 7.87. The number of nitrogens with zero attached hydrogens (tertiary/aromatic N) is 3. The van der Waals surface area contributed by atoms with Crippen molar-refractivity contribution in [3.63, 3.8) is 0 Å². The SMILES string of the molecule is c1ccc(N2c3ccccc3B3c4ccccc4N(c4ccccc4)c4cc(-c5ccccn5)cc2c43)cc1. The Morgan fingerprint density at radius 3 is 1.46 bits per heavy atom. The minimum atomic E-state index is 0.125. The van der Waals surface area contributed by atoms with Gasteiger partial charge in [0.1, 0.15) is 0 Å². The van der Waals surface area contributed by atoms with Crippen LogP contribution in [0.3, 0.4) is 0 Å². The third kappa shape index (κ3) is 3.35. The molecular weight excluding hydrogens is 473 g/mol. The van der Waals surface area contributed by atoms with Crippen LogP contribution in [0.5, 0.6) is 0 Å². The van der Waals surface area contributed by atoms with E-state index in [2.05, 4.69) is 143 Å². The number of anilines is 6. The highest BCUT2D eigenvalue weighted by Crippen LogP contribution is 2.45. The molecule has 5 aromatic carbocycles. The van der Waals surface area contributed by atoms with Gasteiger partial charge in [-0.3, -0.25) is 4.98 Å². The van der Waals surface area contributed by atoms with Crippen LogP contribution in [0, 0.1) is 0 Å². The lowest BCUT2D eigenvalue weighted by molar-refractivity contribution is 1.25. The van der Waals surface area contributed by atoms with Gasteiger partial charge in [-0.05, 0) is 77.1 Å². The second kappa shape index (κ2) is 8.75. The second-order valence-electron chi connectivity index (χ2n) is 10.0. The highest BCUT2D eigenvalue weighted by Gasteiger charge is 2.43. The Hall–Kier alpha value is -5.09. The summed E-state index contributed by atoms with van der Waals surface area (Å²) in [6, 6.07) is 49.9. The van der Waals surface area contributed by atoms with Crippen molar-refractivity contribution in [3.05, 3.63) is 146 Å². The van der Waals surface area contributed by atoms with Crippen molar-refractivity contribution in [2.45, 2.75) is 0 Å². The number of para-hydroxylation sites is 4. The first-order valence-corrected chi connectivity index (χ1v) is 13.4. The van der Waals surface area contributed by atoms with Crippen LogP contribution in [0.2, 0.25) is 0 Å². The third-order valence-corrected chi connectivity index (χ3v) is 7.87. The lowest BCUT2D eigenvalue weighted by atomic mass is 9.33. The van der Waals surface area contributed by atoms with E-state index in [4.69, 9.17) is 4.98 Å². The molecule has 6 aromatic rings. The highest BCUT2D eigenvalue weighted by molar-refractivity contribution is 7.00. The van der Waals surface area contributed by atoms with Crippen LogP contribution in [-0.4, -0.2) is 11.7 Å². The molecule has 2 aliphatic heterocycles. The molecule has 0 saturated carbocycles. The van der Waals surface area contributed by atoms with E-state index in [0.29, 0.717) is 0 Å². The van der Waals surface area contributed by atoms with Gasteiger partial charge < -0.3 is 9.80 Å². The van der Waals surface area contributed by atoms with Crippen LogP contribution < -0.4 is 26.2 Å². The van der Waals surface area contributed by atoms with E-state index in [9.17, 15) is 0 Å². The van der Waals surface area contributed by atoms with E-state index < -0.39 is 0 Å². The van der Waals surface area contributed by atoms with Crippen LogP contribution >= 0.6 is 0 Å². The van der Waals surface area contributed by atoms with Crippen LogP contribution in [0.25, 0.3) is 11.3 Å². The normalized spacial score (nSPS) is 13.0. The molecular formula is C35H24BN3. The maximum absolute atomic E-state index is 4.76. The van der Waals surface area contributed by atoms with E-state index in [1.54, 1.807) is 0 Å². The molecule has 3 heterocycles. The quantitative estimate of drug-likeness (QED) is 0.250. The maximum atomic E-state index is 4.76. The van der Waals surface area contributed by atoms with E-state index >= 15 is 0 Å². The molecule has 39 heavy (non-hydrogen) atoms. The van der Waals surface area contributed by atoms with Gasteiger partial charge in [0.05, 0.1) is 5.69 Å². The smallest absolute Gasteiger partial charge is 0.252 e. The van der Waals surface area contributed by atoms with Gasteiger partial charge in [0.2, 0.25) is 0 Å². The first kappa shape index (κ1) is 21.9. The molecule has 0 atom stereocenters. The lowest BCUT2D eigenvalue weighted by Crippen LogP contribution is -2.61. The monoisotopic (exact) mass is 497 g/mol. The van der Waals surface area contributed by atoms with Crippen molar-refractivity contribution < 1.29 is 0 Å². The molecule has 8 rings (SSSR count). The Morgan fingerprint density at radius 2 is 0.949 bits per heavy atom. The van der Waals surface area contributed by atoms with Gasteiger partial charge in [0.25, 0.3) is 6.71 Å². The molecule has 0 N–H and O–H groups in total. The van der Waals surface area contributed by atoms with Crippen LogP contribution in [0.1, 0.15) is 0 Å². The molecule has 2 aliphatic rings. The van der Waals surface area contributed by atoms with E-state index in [1.165, 1.54) is 39.1 Å². The van der Waals surface area contributed by atoms with Crippen LogP contribution in [0.4, 0.5) is 34.1 Å². The summed E-state index contributed by atoms with van der Waals surface area (Å²) in [5.41, 5.74) is 13.1. The summed E-state index contributed by atoms with van der Waals surface area (Å²) in [5.74, 6) is 0. The minimum absolute atomic E-state index is 0.125. The van der Waals surface area contributed by atoms with E-state index in [1.807, 2.05) is 12.3 Å². The lowest BCUT2D eigenvalue weighted by Gasteiger charge is -2.44. The number of rotatable bonds is 3. The predicted molar refractivity (Wildman–Crippen MR) is 164 cm³/mol. The Morgan fingerprint density at radius 1 is 0.462 bits per heavy atom. The van der Waals surface area contributed by atoms with Crippen LogP contribution in [0.15, 0.2) is 146 Å². The number of hydrogen-bond donors (Lipinski definition) is 0.